The molecule has 20 heavy (non-hydrogen) atoms. The van der Waals surface area contributed by atoms with Crippen molar-refractivity contribution in [3.05, 3.63) is 70.8 Å². The zero-order chi connectivity index (χ0) is 14.7. The van der Waals surface area contributed by atoms with Gasteiger partial charge in [0.25, 0.3) is 0 Å². The maximum atomic E-state index is 13.7. The van der Waals surface area contributed by atoms with Gasteiger partial charge >= 0.3 is 0 Å². The SMILES string of the molecule is Cc1ccc(C(C)NC(C)c2ccccc2F)cc1F. The fourth-order valence-corrected chi connectivity index (χ4v) is 2.27. The van der Waals surface area contributed by atoms with E-state index >= 15 is 0 Å². The van der Waals surface area contributed by atoms with Gasteiger partial charge < -0.3 is 5.32 Å². The van der Waals surface area contributed by atoms with Crippen LogP contribution < -0.4 is 5.32 Å². The highest BCUT2D eigenvalue weighted by Gasteiger charge is 2.14. The Morgan fingerprint density at radius 2 is 1.60 bits per heavy atom. The van der Waals surface area contributed by atoms with Gasteiger partial charge in [0.05, 0.1) is 0 Å². The highest BCUT2D eigenvalue weighted by Crippen LogP contribution is 2.22. The van der Waals surface area contributed by atoms with Crippen LogP contribution in [0.2, 0.25) is 0 Å². The van der Waals surface area contributed by atoms with Crippen LogP contribution in [-0.4, -0.2) is 0 Å². The lowest BCUT2D eigenvalue weighted by Gasteiger charge is -2.21. The fourth-order valence-electron chi connectivity index (χ4n) is 2.27. The first-order chi connectivity index (χ1) is 9.49. The van der Waals surface area contributed by atoms with Crippen LogP contribution in [0.3, 0.4) is 0 Å². The molecule has 0 aliphatic heterocycles. The van der Waals surface area contributed by atoms with Crippen molar-refractivity contribution in [3.63, 3.8) is 0 Å². The molecule has 106 valence electrons. The van der Waals surface area contributed by atoms with Gasteiger partial charge in [0, 0.05) is 17.6 Å². The Kier molecular flexibility index (Phi) is 4.50. The van der Waals surface area contributed by atoms with Crippen LogP contribution in [0.5, 0.6) is 0 Å². The van der Waals surface area contributed by atoms with E-state index in [1.165, 1.54) is 12.1 Å². The molecule has 2 atom stereocenters. The fraction of sp³-hybridized carbons (Fsp3) is 0.294. The molecule has 0 aliphatic carbocycles. The number of nitrogens with one attached hydrogen (secondary N) is 1. The van der Waals surface area contributed by atoms with Gasteiger partial charge in [-0.1, -0.05) is 30.3 Å². The zero-order valence-electron chi connectivity index (χ0n) is 12.0. The molecular weight excluding hydrogens is 256 g/mol. The summed E-state index contributed by atoms with van der Waals surface area (Å²) in [5, 5.41) is 3.29. The van der Waals surface area contributed by atoms with E-state index < -0.39 is 0 Å². The summed E-state index contributed by atoms with van der Waals surface area (Å²) in [5.41, 5.74) is 2.10. The van der Waals surface area contributed by atoms with Crippen molar-refractivity contribution >= 4 is 0 Å². The molecule has 2 unspecified atom stereocenters. The molecule has 0 spiro atoms. The maximum Gasteiger partial charge on any atom is 0.127 e. The van der Waals surface area contributed by atoms with Crippen LogP contribution in [0.4, 0.5) is 8.78 Å². The second kappa shape index (κ2) is 6.14. The monoisotopic (exact) mass is 275 g/mol. The normalized spacial score (nSPS) is 14.1. The maximum absolute atomic E-state index is 13.7. The van der Waals surface area contributed by atoms with Gasteiger partial charge in [-0.25, -0.2) is 8.78 Å². The minimum Gasteiger partial charge on any atom is -0.304 e. The van der Waals surface area contributed by atoms with Gasteiger partial charge in [-0.15, -0.1) is 0 Å². The Morgan fingerprint density at radius 1 is 0.900 bits per heavy atom. The third-order valence-electron chi connectivity index (χ3n) is 3.57. The minimum atomic E-state index is -0.227. The largest absolute Gasteiger partial charge is 0.304 e. The molecular formula is C17H19F2N. The first kappa shape index (κ1) is 14.7. The van der Waals surface area contributed by atoms with Crippen molar-refractivity contribution in [2.75, 3.05) is 0 Å². The van der Waals surface area contributed by atoms with Gasteiger partial charge in [-0.05, 0) is 44.0 Å². The average Bonchev–Trinajstić information content (AvgIpc) is 2.42. The first-order valence-corrected chi connectivity index (χ1v) is 6.75. The van der Waals surface area contributed by atoms with Crippen LogP contribution in [0.25, 0.3) is 0 Å². The van der Waals surface area contributed by atoms with Crippen molar-refractivity contribution in [2.24, 2.45) is 0 Å². The summed E-state index contributed by atoms with van der Waals surface area (Å²) in [6.07, 6.45) is 0. The second-order valence-corrected chi connectivity index (χ2v) is 5.14. The van der Waals surface area contributed by atoms with Crippen molar-refractivity contribution in [1.82, 2.24) is 5.32 Å². The van der Waals surface area contributed by atoms with Crippen LogP contribution >= 0.6 is 0 Å². The molecule has 1 nitrogen and oxygen atoms in total. The molecule has 0 bridgehead atoms. The minimum absolute atomic E-state index is 0.0558. The van der Waals surface area contributed by atoms with Gasteiger partial charge in [-0.2, -0.15) is 0 Å². The molecule has 0 fully saturated rings. The summed E-state index contributed by atoms with van der Waals surface area (Å²) in [4.78, 5) is 0. The third-order valence-corrected chi connectivity index (χ3v) is 3.57. The van der Waals surface area contributed by atoms with Gasteiger partial charge in [0.15, 0.2) is 0 Å². The van der Waals surface area contributed by atoms with E-state index in [4.69, 9.17) is 0 Å². The van der Waals surface area contributed by atoms with Crippen LogP contribution in [0.1, 0.15) is 42.6 Å². The molecule has 0 aliphatic rings. The Balaban J connectivity index is 2.13. The molecule has 0 amide bonds. The number of benzene rings is 2. The average molecular weight is 275 g/mol. The summed E-state index contributed by atoms with van der Waals surface area (Å²) in [6, 6.07) is 11.7. The molecule has 3 heteroatoms. The third kappa shape index (κ3) is 3.23. The lowest BCUT2D eigenvalue weighted by Crippen LogP contribution is -2.23. The van der Waals surface area contributed by atoms with Crippen molar-refractivity contribution in [3.8, 4) is 0 Å². The van der Waals surface area contributed by atoms with Crippen LogP contribution in [0.15, 0.2) is 42.5 Å². The molecule has 1 N–H and O–H groups in total. The topological polar surface area (TPSA) is 12.0 Å². The molecule has 2 aromatic rings. The number of hydrogen-bond donors (Lipinski definition) is 1. The highest BCUT2D eigenvalue weighted by atomic mass is 19.1. The van der Waals surface area contributed by atoms with Crippen molar-refractivity contribution < 1.29 is 8.78 Å². The molecule has 0 heterocycles. The van der Waals surface area contributed by atoms with Gasteiger partial charge in [0.2, 0.25) is 0 Å². The van der Waals surface area contributed by atoms with E-state index in [0.717, 1.165) is 5.56 Å². The van der Waals surface area contributed by atoms with Crippen LogP contribution in [-0.2, 0) is 0 Å². The van der Waals surface area contributed by atoms with E-state index in [-0.39, 0.29) is 23.7 Å². The summed E-state index contributed by atoms with van der Waals surface area (Å²) >= 11 is 0. The van der Waals surface area contributed by atoms with Gasteiger partial charge in [-0.3, -0.25) is 0 Å². The van der Waals surface area contributed by atoms with E-state index in [1.54, 1.807) is 25.1 Å². The van der Waals surface area contributed by atoms with Crippen LogP contribution in [0, 0.1) is 18.6 Å². The number of rotatable bonds is 4. The van der Waals surface area contributed by atoms with E-state index in [0.29, 0.717) is 11.1 Å². The quantitative estimate of drug-likeness (QED) is 0.854. The number of halogens is 2. The smallest absolute Gasteiger partial charge is 0.127 e. The zero-order valence-corrected chi connectivity index (χ0v) is 12.0. The second-order valence-electron chi connectivity index (χ2n) is 5.14. The number of hydrogen-bond acceptors (Lipinski definition) is 1. The molecule has 2 rings (SSSR count). The summed E-state index contributed by atoms with van der Waals surface area (Å²) < 4.78 is 27.3. The van der Waals surface area contributed by atoms with Gasteiger partial charge in [0.1, 0.15) is 11.6 Å². The lowest BCUT2D eigenvalue weighted by atomic mass is 10.0. The predicted octanol–water partition coefficient (Wildman–Crippen LogP) is 4.69. The molecule has 0 saturated carbocycles. The first-order valence-electron chi connectivity index (χ1n) is 6.75. The molecule has 0 saturated heterocycles. The van der Waals surface area contributed by atoms with Crippen molar-refractivity contribution in [1.29, 1.82) is 0 Å². The van der Waals surface area contributed by atoms with E-state index in [9.17, 15) is 8.78 Å². The molecule has 0 aromatic heterocycles. The van der Waals surface area contributed by atoms with E-state index in [1.807, 2.05) is 26.0 Å². The number of aryl methyl sites for hydroxylation is 1. The Bertz CT molecular complexity index is 595. The summed E-state index contributed by atoms with van der Waals surface area (Å²) in [6.45, 7) is 5.58. The highest BCUT2D eigenvalue weighted by molar-refractivity contribution is 5.26. The van der Waals surface area contributed by atoms with E-state index in [2.05, 4.69) is 5.32 Å². The molecule has 2 aromatic carbocycles. The molecule has 0 radical (unpaired) electrons. The Morgan fingerprint density at radius 3 is 2.25 bits per heavy atom. The van der Waals surface area contributed by atoms with Crippen molar-refractivity contribution in [2.45, 2.75) is 32.9 Å². The summed E-state index contributed by atoms with van der Waals surface area (Å²) in [7, 11) is 0. The summed E-state index contributed by atoms with van der Waals surface area (Å²) in [5.74, 6) is -0.440. The standard InChI is InChI=1S/C17H19F2N/c1-11-8-9-14(10-17(11)19)12(2)20-13(3)15-6-4-5-7-16(15)18/h4-10,12-13,20H,1-3H3. The Hall–Kier alpha value is -1.74. The Labute approximate surface area is 118 Å². The predicted molar refractivity (Wildman–Crippen MR) is 77.5 cm³/mol. The lowest BCUT2D eigenvalue weighted by molar-refractivity contribution is 0.472.